The molecule has 23 heavy (non-hydrogen) atoms. The summed E-state index contributed by atoms with van der Waals surface area (Å²) in [6.45, 7) is 3.05. The van der Waals surface area contributed by atoms with Gasteiger partial charge in [-0.05, 0) is 30.3 Å². The van der Waals surface area contributed by atoms with Crippen molar-refractivity contribution in [1.82, 2.24) is 14.8 Å². The van der Waals surface area contributed by atoms with Gasteiger partial charge >= 0.3 is 0 Å². The summed E-state index contributed by atoms with van der Waals surface area (Å²) in [7, 11) is 0. The molecule has 0 spiro atoms. The van der Waals surface area contributed by atoms with Gasteiger partial charge in [0.05, 0.1) is 11.3 Å². The Morgan fingerprint density at radius 2 is 1.87 bits per heavy atom. The first-order valence-corrected chi connectivity index (χ1v) is 7.50. The molecule has 120 valence electrons. The average Bonchev–Trinajstić information content (AvgIpc) is 2.58. The topological polar surface area (TPSA) is 36.4 Å². The molecule has 1 aliphatic rings. The number of hydrogen-bond acceptors (Lipinski definition) is 3. The molecular formula is C17H17F2N3O. The molecule has 0 radical (unpaired) electrons. The summed E-state index contributed by atoms with van der Waals surface area (Å²) >= 11 is 0. The SMILES string of the molecule is O=C(c1cc(F)ccc1F)N1CCN(Cc2ccccn2)CC1. The van der Waals surface area contributed by atoms with Crippen LogP contribution in [0.2, 0.25) is 0 Å². The van der Waals surface area contributed by atoms with Crippen molar-refractivity contribution >= 4 is 5.91 Å². The highest BCUT2D eigenvalue weighted by Crippen LogP contribution is 2.15. The second-order valence-corrected chi connectivity index (χ2v) is 5.51. The third kappa shape index (κ3) is 3.71. The van der Waals surface area contributed by atoms with Gasteiger partial charge < -0.3 is 4.90 Å². The minimum absolute atomic E-state index is 0.205. The van der Waals surface area contributed by atoms with E-state index in [-0.39, 0.29) is 5.56 Å². The van der Waals surface area contributed by atoms with E-state index in [1.807, 2.05) is 18.2 Å². The molecule has 0 saturated carbocycles. The van der Waals surface area contributed by atoms with Gasteiger partial charge in [-0.15, -0.1) is 0 Å². The number of piperazine rings is 1. The van der Waals surface area contributed by atoms with Crippen LogP contribution < -0.4 is 0 Å². The van der Waals surface area contributed by atoms with Crippen LogP contribution in [-0.2, 0) is 6.54 Å². The molecule has 2 aromatic rings. The van der Waals surface area contributed by atoms with Crippen molar-refractivity contribution in [2.75, 3.05) is 26.2 Å². The summed E-state index contributed by atoms with van der Waals surface area (Å²) in [5, 5.41) is 0. The number of amides is 1. The van der Waals surface area contributed by atoms with Gasteiger partial charge in [0, 0.05) is 38.9 Å². The van der Waals surface area contributed by atoms with Crippen molar-refractivity contribution in [1.29, 1.82) is 0 Å². The lowest BCUT2D eigenvalue weighted by molar-refractivity contribution is 0.0622. The summed E-state index contributed by atoms with van der Waals surface area (Å²) in [4.78, 5) is 20.4. The highest BCUT2D eigenvalue weighted by atomic mass is 19.1. The molecule has 0 bridgehead atoms. The monoisotopic (exact) mass is 317 g/mol. The van der Waals surface area contributed by atoms with Crippen LogP contribution in [0.3, 0.4) is 0 Å². The van der Waals surface area contributed by atoms with E-state index < -0.39 is 17.5 Å². The lowest BCUT2D eigenvalue weighted by Gasteiger charge is -2.34. The number of hydrogen-bond donors (Lipinski definition) is 0. The summed E-state index contributed by atoms with van der Waals surface area (Å²) in [5.41, 5.74) is 0.770. The minimum Gasteiger partial charge on any atom is -0.336 e. The fraction of sp³-hybridized carbons (Fsp3) is 0.294. The predicted molar refractivity (Wildman–Crippen MR) is 81.8 cm³/mol. The number of carbonyl (C=O) groups excluding carboxylic acids is 1. The van der Waals surface area contributed by atoms with Gasteiger partial charge in [-0.25, -0.2) is 8.78 Å². The Hall–Kier alpha value is -2.34. The van der Waals surface area contributed by atoms with Gasteiger partial charge in [-0.1, -0.05) is 6.07 Å². The van der Waals surface area contributed by atoms with Crippen LogP contribution in [0.25, 0.3) is 0 Å². The Labute approximate surface area is 133 Å². The average molecular weight is 317 g/mol. The normalized spacial score (nSPS) is 15.7. The van der Waals surface area contributed by atoms with Crippen LogP contribution in [0.4, 0.5) is 8.78 Å². The molecule has 1 fully saturated rings. The van der Waals surface area contributed by atoms with Crippen molar-refractivity contribution in [2.24, 2.45) is 0 Å². The van der Waals surface area contributed by atoms with E-state index in [0.29, 0.717) is 26.2 Å². The van der Waals surface area contributed by atoms with Crippen molar-refractivity contribution in [2.45, 2.75) is 6.54 Å². The molecule has 1 amide bonds. The first-order chi connectivity index (χ1) is 11.1. The van der Waals surface area contributed by atoms with E-state index in [1.165, 1.54) is 0 Å². The molecule has 1 saturated heterocycles. The van der Waals surface area contributed by atoms with Gasteiger partial charge in [0.1, 0.15) is 11.6 Å². The van der Waals surface area contributed by atoms with Crippen LogP contribution in [0.15, 0.2) is 42.6 Å². The van der Waals surface area contributed by atoms with E-state index in [4.69, 9.17) is 0 Å². The molecule has 1 aromatic carbocycles. The van der Waals surface area contributed by atoms with E-state index in [2.05, 4.69) is 9.88 Å². The van der Waals surface area contributed by atoms with Crippen LogP contribution in [-0.4, -0.2) is 46.9 Å². The number of rotatable bonds is 3. The van der Waals surface area contributed by atoms with Crippen LogP contribution in [0, 0.1) is 11.6 Å². The molecule has 0 unspecified atom stereocenters. The number of nitrogens with zero attached hydrogens (tertiary/aromatic N) is 3. The summed E-state index contributed by atoms with van der Waals surface area (Å²) in [6.07, 6.45) is 1.75. The quantitative estimate of drug-likeness (QED) is 0.872. The number of pyridine rings is 1. The van der Waals surface area contributed by atoms with E-state index in [9.17, 15) is 13.6 Å². The fourth-order valence-electron chi connectivity index (χ4n) is 2.66. The van der Waals surface area contributed by atoms with Crippen molar-refractivity contribution in [3.63, 3.8) is 0 Å². The first-order valence-electron chi connectivity index (χ1n) is 7.50. The number of benzene rings is 1. The largest absolute Gasteiger partial charge is 0.336 e. The number of halogens is 2. The molecule has 1 aliphatic heterocycles. The third-order valence-electron chi connectivity index (χ3n) is 3.93. The van der Waals surface area contributed by atoms with Gasteiger partial charge in [0.2, 0.25) is 0 Å². The van der Waals surface area contributed by atoms with Crippen LogP contribution in [0.5, 0.6) is 0 Å². The zero-order valence-electron chi connectivity index (χ0n) is 12.6. The molecule has 3 rings (SSSR count). The fourth-order valence-corrected chi connectivity index (χ4v) is 2.66. The standard InChI is InChI=1S/C17H17F2N3O/c18-13-4-5-16(19)15(11-13)17(23)22-9-7-21(8-10-22)12-14-3-1-2-6-20-14/h1-6,11H,7-10,12H2. The minimum atomic E-state index is -0.688. The highest BCUT2D eigenvalue weighted by molar-refractivity contribution is 5.94. The zero-order valence-corrected chi connectivity index (χ0v) is 12.6. The zero-order chi connectivity index (χ0) is 16.2. The maximum absolute atomic E-state index is 13.7. The van der Waals surface area contributed by atoms with Crippen LogP contribution >= 0.6 is 0 Å². The maximum atomic E-state index is 13.7. The van der Waals surface area contributed by atoms with E-state index >= 15 is 0 Å². The number of aromatic nitrogens is 1. The molecular weight excluding hydrogens is 300 g/mol. The lowest BCUT2D eigenvalue weighted by Crippen LogP contribution is -2.48. The van der Waals surface area contributed by atoms with E-state index in [0.717, 1.165) is 30.4 Å². The molecule has 0 N–H and O–H groups in total. The Bertz CT molecular complexity index is 685. The Morgan fingerprint density at radius 3 is 2.57 bits per heavy atom. The van der Waals surface area contributed by atoms with Crippen LogP contribution in [0.1, 0.15) is 16.1 Å². The smallest absolute Gasteiger partial charge is 0.257 e. The second-order valence-electron chi connectivity index (χ2n) is 5.51. The van der Waals surface area contributed by atoms with Crippen molar-refractivity contribution < 1.29 is 13.6 Å². The first kappa shape index (κ1) is 15.6. The summed E-state index contributed by atoms with van der Waals surface area (Å²) in [6, 6.07) is 8.72. The van der Waals surface area contributed by atoms with Gasteiger partial charge in [-0.2, -0.15) is 0 Å². The molecule has 6 heteroatoms. The van der Waals surface area contributed by atoms with Crippen molar-refractivity contribution in [3.8, 4) is 0 Å². The van der Waals surface area contributed by atoms with E-state index in [1.54, 1.807) is 11.1 Å². The summed E-state index contributed by atoms with van der Waals surface area (Å²) in [5.74, 6) is -1.75. The molecule has 0 aliphatic carbocycles. The molecule has 0 atom stereocenters. The molecule has 1 aromatic heterocycles. The number of carbonyl (C=O) groups is 1. The second kappa shape index (κ2) is 6.83. The summed E-state index contributed by atoms with van der Waals surface area (Å²) < 4.78 is 26.9. The van der Waals surface area contributed by atoms with Gasteiger partial charge in [-0.3, -0.25) is 14.7 Å². The van der Waals surface area contributed by atoms with Gasteiger partial charge in [0.25, 0.3) is 5.91 Å². The van der Waals surface area contributed by atoms with Gasteiger partial charge in [0.15, 0.2) is 0 Å². The van der Waals surface area contributed by atoms with Crippen molar-refractivity contribution in [3.05, 3.63) is 65.5 Å². The molecule has 4 nitrogen and oxygen atoms in total. The highest BCUT2D eigenvalue weighted by Gasteiger charge is 2.24. The molecule has 2 heterocycles. The Balaban J connectivity index is 1.60. The maximum Gasteiger partial charge on any atom is 0.257 e. The lowest BCUT2D eigenvalue weighted by atomic mass is 10.1. The Kier molecular flexibility index (Phi) is 4.62. The Morgan fingerprint density at radius 1 is 1.09 bits per heavy atom. The predicted octanol–water partition coefficient (Wildman–Crippen LogP) is 2.32. The third-order valence-corrected chi connectivity index (χ3v) is 3.93.